The SMILES string of the molecule is CC1CCN(Cc2nc(C(C)C)c(CS)s2)CC1. The number of thiol groups is 1. The Morgan fingerprint density at radius 1 is 1.39 bits per heavy atom. The van der Waals surface area contributed by atoms with Crippen molar-refractivity contribution in [1.82, 2.24) is 9.88 Å². The van der Waals surface area contributed by atoms with Gasteiger partial charge in [-0.15, -0.1) is 11.3 Å². The van der Waals surface area contributed by atoms with Gasteiger partial charge in [-0.2, -0.15) is 12.6 Å². The smallest absolute Gasteiger partial charge is 0.107 e. The molecule has 0 aromatic carbocycles. The van der Waals surface area contributed by atoms with E-state index in [0.717, 1.165) is 18.2 Å². The Balaban J connectivity index is 2.01. The third kappa shape index (κ3) is 3.49. The molecule has 0 unspecified atom stereocenters. The molecule has 18 heavy (non-hydrogen) atoms. The lowest BCUT2D eigenvalue weighted by molar-refractivity contribution is 0.185. The predicted octanol–water partition coefficient (Wildman–Crippen LogP) is 3.93. The summed E-state index contributed by atoms with van der Waals surface area (Å²) in [6.07, 6.45) is 2.67. The van der Waals surface area contributed by atoms with Gasteiger partial charge in [-0.1, -0.05) is 20.8 Å². The topological polar surface area (TPSA) is 16.1 Å². The van der Waals surface area contributed by atoms with Crippen molar-refractivity contribution in [3.63, 3.8) is 0 Å². The van der Waals surface area contributed by atoms with Crippen LogP contribution in [0.3, 0.4) is 0 Å². The van der Waals surface area contributed by atoms with Crippen LogP contribution in [-0.4, -0.2) is 23.0 Å². The third-order valence-electron chi connectivity index (χ3n) is 3.70. The van der Waals surface area contributed by atoms with E-state index in [4.69, 9.17) is 4.98 Å². The number of rotatable bonds is 4. The monoisotopic (exact) mass is 284 g/mol. The van der Waals surface area contributed by atoms with E-state index in [1.807, 2.05) is 11.3 Å². The van der Waals surface area contributed by atoms with Crippen molar-refractivity contribution in [3.8, 4) is 0 Å². The number of nitrogens with zero attached hydrogens (tertiary/aromatic N) is 2. The fourth-order valence-corrected chi connectivity index (χ4v) is 3.94. The maximum Gasteiger partial charge on any atom is 0.107 e. The molecule has 2 nitrogen and oxygen atoms in total. The maximum absolute atomic E-state index is 4.82. The van der Waals surface area contributed by atoms with Gasteiger partial charge in [0.1, 0.15) is 5.01 Å². The molecule has 1 aromatic rings. The summed E-state index contributed by atoms with van der Waals surface area (Å²) < 4.78 is 0. The second kappa shape index (κ2) is 6.40. The van der Waals surface area contributed by atoms with Gasteiger partial charge in [-0.3, -0.25) is 4.90 Å². The molecule has 1 saturated heterocycles. The second-order valence-electron chi connectivity index (χ2n) is 5.69. The van der Waals surface area contributed by atoms with Crippen molar-refractivity contribution in [1.29, 1.82) is 0 Å². The Hall–Kier alpha value is -0.0600. The summed E-state index contributed by atoms with van der Waals surface area (Å²) >= 11 is 6.28. The van der Waals surface area contributed by atoms with Gasteiger partial charge in [-0.25, -0.2) is 4.98 Å². The number of hydrogen-bond acceptors (Lipinski definition) is 4. The molecule has 0 radical (unpaired) electrons. The molecule has 0 saturated carbocycles. The summed E-state index contributed by atoms with van der Waals surface area (Å²) in [5, 5.41) is 1.28. The van der Waals surface area contributed by atoms with Crippen LogP contribution in [0.1, 0.15) is 55.1 Å². The molecular formula is C14H24N2S2. The van der Waals surface area contributed by atoms with Crippen LogP contribution in [0.15, 0.2) is 0 Å². The zero-order valence-corrected chi connectivity index (χ0v) is 13.4. The van der Waals surface area contributed by atoms with Gasteiger partial charge in [0.15, 0.2) is 0 Å². The highest BCUT2D eigenvalue weighted by atomic mass is 32.1. The van der Waals surface area contributed by atoms with Crippen LogP contribution in [0.4, 0.5) is 0 Å². The van der Waals surface area contributed by atoms with Crippen molar-refractivity contribution in [2.45, 2.75) is 51.8 Å². The van der Waals surface area contributed by atoms with E-state index < -0.39 is 0 Å². The Morgan fingerprint density at radius 2 is 2.06 bits per heavy atom. The summed E-state index contributed by atoms with van der Waals surface area (Å²) in [5.74, 6) is 2.23. The number of hydrogen-bond donors (Lipinski definition) is 1. The highest BCUT2D eigenvalue weighted by molar-refractivity contribution is 7.79. The summed E-state index contributed by atoms with van der Waals surface area (Å²) in [6, 6.07) is 0. The lowest BCUT2D eigenvalue weighted by Crippen LogP contribution is -2.32. The van der Waals surface area contributed by atoms with E-state index in [0.29, 0.717) is 5.92 Å². The molecule has 0 aliphatic carbocycles. The van der Waals surface area contributed by atoms with Crippen LogP contribution < -0.4 is 0 Å². The predicted molar refractivity (Wildman–Crippen MR) is 82.6 cm³/mol. The first-order valence-corrected chi connectivity index (χ1v) is 8.36. The molecule has 2 heterocycles. The van der Waals surface area contributed by atoms with E-state index in [2.05, 4.69) is 38.3 Å². The van der Waals surface area contributed by atoms with Gasteiger partial charge >= 0.3 is 0 Å². The summed E-state index contributed by atoms with van der Waals surface area (Å²) in [6.45, 7) is 10.3. The largest absolute Gasteiger partial charge is 0.297 e. The molecule has 0 N–H and O–H groups in total. The molecule has 0 amide bonds. The van der Waals surface area contributed by atoms with Gasteiger partial charge < -0.3 is 0 Å². The minimum Gasteiger partial charge on any atom is -0.297 e. The van der Waals surface area contributed by atoms with Crippen LogP contribution in [0.5, 0.6) is 0 Å². The summed E-state index contributed by atoms with van der Waals surface area (Å²) in [4.78, 5) is 8.72. The van der Waals surface area contributed by atoms with Gasteiger partial charge in [0.2, 0.25) is 0 Å². The Labute approximate surface area is 120 Å². The first kappa shape index (κ1) is 14.4. The highest BCUT2D eigenvalue weighted by Gasteiger charge is 2.19. The Bertz CT molecular complexity index is 379. The quantitative estimate of drug-likeness (QED) is 0.843. The van der Waals surface area contributed by atoms with Gasteiger partial charge in [-0.05, 0) is 37.8 Å². The molecule has 1 fully saturated rings. The van der Waals surface area contributed by atoms with Crippen molar-refractivity contribution in [2.24, 2.45) is 5.92 Å². The van der Waals surface area contributed by atoms with Crippen LogP contribution >= 0.6 is 24.0 Å². The molecule has 102 valence electrons. The molecule has 1 aliphatic heterocycles. The maximum atomic E-state index is 4.82. The van der Waals surface area contributed by atoms with E-state index in [9.17, 15) is 0 Å². The minimum atomic E-state index is 0.513. The average Bonchev–Trinajstić information content (AvgIpc) is 2.75. The van der Waals surface area contributed by atoms with Crippen LogP contribution in [-0.2, 0) is 12.3 Å². The highest BCUT2D eigenvalue weighted by Crippen LogP contribution is 2.28. The van der Waals surface area contributed by atoms with Crippen molar-refractivity contribution < 1.29 is 0 Å². The van der Waals surface area contributed by atoms with E-state index in [1.54, 1.807) is 0 Å². The van der Waals surface area contributed by atoms with Crippen LogP contribution in [0.2, 0.25) is 0 Å². The number of thiazole rings is 1. The van der Waals surface area contributed by atoms with E-state index in [-0.39, 0.29) is 0 Å². The van der Waals surface area contributed by atoms with E-state index >= 15 is 0 Å². The first-order chi connectivity index (χ1) is 8.60. The molecule has 0 spiro atoms. The van der Waals surface area contributed by atoms with Crippen molar-refractivity contribution >= 4 is 24.0 Å². The molecule has 1 aromatic heterocycles. The van der Waals surface area contributed by atoms with E-state index in [1.165, 1.54) is 41.5 Å². The normalized spacial score (nSPS) is 18.7. The standard InChI is InChI=1S/C14H24N2S2/c1-10(2)14-12(9-17)18-13(15-14)8-16-6-4-11(3)5-7-16/h10-11,17H,4-9H2,1-3H3. The average molecular weight is 284 g/mol. The van der Waals surface area contributed by atoms with Crippen LogP contribution in [0, 0.1) is 5.92 Å². The summed E-state index contributed by atoms with van der Waals surface area (Å²) in [7, 11) is 0. The lowest BCUT2D eigenvalue weighted by Gasteiger charge is -2.29. The fourth-order valence-electron chi connectivity index (χ4n) is 2.46. The minimum absolute atomic E-state index is 0.513. The molecule has 4 heteroatoms. The summed E-state index contributed by atoms with van der Waals surface area (Å²) in [5.41, 5.74) is 1.26. The third-order valence-corrected chi connectivity index (χ3v) is 5.28. The van der Waals surface area contributed by atoms with Gasteiger partial charge in [0.25, 0.3) is 0 Å². The first-order valence-electron chi connectivity index (χ1n) is 6.91. The number of likely N-dealkylation sites (tertiary alicyclic amines) is 1. The van der Waals surface area contributed by atoms with Gasteiger partial charge in [0.05, 0.1) is 12.2 Å². The molecule has 0 atom stereocenters. The molecule has 1 aliphatic rings. The molecule has 2 rings (SSSR count). The zero-order chi connectivity index (χ0) is 13.1. The Kier molecular flexibility index (Phi) is 5.10. The van der Waals surface area contributed by atoms with Gasteiger partial charge in [0, 0.05) is 10.6 Å². The fraction of sp³-hybridized carbons (Fsp3) is 0.786. The molecule has 0 bridgehead atoms. The number of aromatic nitrogens is 1. The lowest BCUT2D eigenvalue weighted by atomic mass is 9.99. The molecular weight excluding hydrogens is 260 g/mol. The van der Waals surface area contributed by atoms with Crippen molar-refractivity contribution in [3.05, 3.63) is 15.6 Å². The van der Waals surface area contributed by atoms with Crippen molar-refractivity contribution in [2.75, 3.05) is 13.1 Å². The second-order valence-corrected chi connectivity index (χ2v) is 7.17. The zero-order valence-electron chi connectivity index (χ0n) is 11.6. The van der Waals surface area contributed by atoms with Crippen LogP contribution in [0.25, 0.3) is 0 Å². The number of piperidine rings is 1. The Morgan fingerprint density at radius 3 is 2.56 bits per heavy atom.